The van der Waals surface area contributed by atoms with Gasteiger partial charge < -0.3 is 18.8 Å². The van der Waals surface area contributed by atoms with Crippen LogP contribution in [0.2, 0.25) is 0 Å². The van der Waals surface area contributed by atoms with E-state index in [0.717, 1.165) is 94.9 Å². The summed E-state index contributed by atoms with van der Waals surface area (Å²) in [6.45, 7) is -0.0839. The van der Waals surface area contributed by atoms with E-state index in [9.17, 15) is 0 Å². The Morgan fingerprint density at radius 3 is 1.48 bits per heavy atom. The smallest absolute Gasteiger partial charge is 0.252 e. The van der Waals surface area contributed by atoms with Crippen LogP contribution in [0.3, 0.4) is 0 Å². The van der Waals surface area contributed by atoms with Crippen molar-refractivity contribution < 1.29 is 4.42 Å². The normalized spacial score (nSPS) is 12.6. The van der Waals surface area contributed by atoms with E-state index >= 15 is 0 Å². The molecule has 4 heterocycles. The van der Waals surface area contributed by atoms with Crippen molar-refractivity contribution in [1.29, 1.82) is 0 Å². The van der Waals surface area contributed by atoms with Crippen molar-refractivity contribution in [2.45, 2.75) is 0 Å². The third-order valence-electron chi connectivity index (χ3n) is 16.2. The molecule has 0 aliphatic carbocycles. The van der Waals surface area contributed by atoms with Gasteiger partial charge in [0.2, 0.25) is 0 Å². The van der Waals surface area contributed by atoms with Crippen LogP contribution in [0.1, 0.15) is 0 Å². The highest BCUT2D eigenvalue weighted by Gasteiger charge is 2.44. The first kappa shape index (κ1) is 43.3. The second kappa shape index (κ2) is 17.2. The van der Waals surface area contributed by atoms with Crippen LogP contribution in [0.4, 0.5) is 34.1 Å². The minimum Gasteiger partial charge on any atom is -0.455 e. The van der Waals surface area contributed by atoms with Crippen molar-refractivity contribution in [3.8, 4) is 50.2 Å². The standard InChI is InChI=1S/C72H46BN3O/c1-4-19-48(20-5-1)54-28-16-29-55(49-21-6-2-7-22-49)71(54)76-66-35-18-34-65-70(66)73(61-43-41-51(45-67(61)76)47-37-39-50(40-38-47)56-30-17-31-60-59-27-12-15-36-69(59)77-72(56)60)62-44-42-53(46-68(62)74(65)52-23-8-3-9-24-52)75-63-32-13-10-25-57(63)58-26-11-14-33-64(58)75/h1-46H. The monoisotopic (exact) mass is 979 g/mol. The Morgan fingerprint density at radius 2 is 0.792 bits per heavy atom. The van der Waals surface area contributed by atoms with E-state index < -0.39 is 0 Å². The predicted octanol–water partition coefficient (Wildman–Crippen LogP) is 17.4. The van der Waals surface area contributed by atoms with E-state index in [4.69, 9.17) is 4.42 Å². The fourth-order valence-electron chi connectivity index (χ4n) is 12.8. The van der Waals surface area contributed by atoms with Gasteiger partial charge in [-0.15, -0.1) is 0 Å². The van der Waals surface area contributed by atoms with Crippen LogP contribution in [0.15, 0.2) is 283 Å². The summed E-state index contributed by atoms with van der Waals surface area (Å²) in [5, 5.41) is 4.76. The van der Waals surface area contributed by atoms with Gasteiger partial charge in [0.05, 0.1) is 16.7 Å². The molecule has 0 spiro atoms. The molecule has 2 aromatic heterocycles. The van der Waals surface area contributed by atoms with Crippen molar-refractivity contribution in [2.75, 3.05) is 9.80 Å². The molecule has 0 saturated heterocycles. The zero-order valence-electron chi connectivity index (χ0n) is 41.9. The van der Waals surface area contributed by atoms with Crippen LogP contribution in [-0.2, 0) is 0 Å². The molecule has 12 aromatic carbocycles. The lowest BCUT2D eigenvalue weighted by Crippen LogP contribution is -2.61. The number of aromatic nitrogens is 1. The second-order valence-corrected chi connectivity index (χ2v) is 20.3. The molecule has 0 fully saturated rings. The summed E-state index contributed by atoms with van der Waals surface area (Å²) in [5.74, 6) is 0. The molecule has 2 aliphatic rings. The van der Waals surface area contributed by atoms with Gasteiger partial charge in [0.15, 0.2) is 0 Å². The van der Waals surface area contributed by atoms with Gasteiger partial charge in [-0.2, -0.15) is 0 Å². The number of rotatable bonds is 7. The van der Waals surface area contributed by atoms with E-state index in [1.54, 1.807) is 0 Å². The van der Waals surface area contributed by atoms with Crippen LogP contribution in [0.25, 0.3) is 93.9 Å². The average molecular weight is 980 g/mol. The Hall–Kier alpha value is -10.1. The summed E-state index contributed by atoms with van der Waals surface area (Å²) in [6.07, 6.45) is 0. The van der Waals surface area contributed by atoms with E-state index in [1.807, 2.05) is 6.07 Å². The highest BCUT2D eigenvalue weighted by Crippen LogP contribution is 2.51. The molecule has 0 unspecified atom stereocenters. The summed E-state index contributed by atoms with van der Waals surface area (Å²) < 4.78 is 8.96. The Kier molecular flexibility index (Phi) is 9.70. The fraction of sp³-hybridized carbons (Fsp3) is 0. The van der Waals surface area contributed by atoms with Gasteiger partial charge in [-0.1, -0.05) is 218 Å². The van der Waals surface area contributed by atoms with Crippen LogP contribution in [0, 0.1) is 0 Å². The highest BCUT2D eigenvalue weighted by molar-refractivity contribution is 7.00. The predicted molar refractivity (Wildman–Crippen MR) is 324 cm³/mol. The molecule has 0 atom stereocenters. The van der Waals surface area contributed by atoms with E-state index in [0.29, 0.717) is 0 Å². The Balaban J connectivity index is 0.944. The quantitative estimate of drug-likeness (QED) is 0.149. The highest BCUT2D eigenvalue weighted by atomic mass is 16.3. The lowest BCUT2D eigenvalue weighted by Gasteiger charge is -2.45. The molecule has 16 rings (SSSR count). The number of nitrogens with zero attached hydrogens (tertiary/aromatic N) is 3. The molecule has 0 amide bonds. The third kappa shape index (κ3) is 6.67. The molecule has 4 nitrogen and oxygen atoms in total. The summed E-state index contributed by atoms with van der Waals surface area (Å²) in [6, 6.07) is 102. The Bertz CT molecular complexity index is 4530. The largest absolute Gasteiger partial charge is 0.455 e. The summed E-state index contributed by atoms with van der Waals surface area (Å²) in [7, 11) is 0. The molecule has 2 aliphatic heterocycles. The van der Waals surface area contributed by atoms with Gasteiger partial charge in [-0.05, 0) is 105 Å². The molecular formula is C72H46BN3O. The van der Waals surface area contributed by atoms with E-state index in [-0.39, 0.29) is 6.71 Å². The Morgan fingerprint density at radius 1 is 0.299 bits per heavy atom. The number of para-hydroxylation sites is 6. The number of benzene rings is 12. The maximum absolute atomic E-state index is 6.52. The second-order valence-electron chi connectivity index (χ2n) is 20.3. The minimum absolute atomic E-state index is 0.0839. The molecule has 358 valence electrons. The zero-order valence-corrected chi connectivity index (χ0v) is 41.9. The van der Waals surface area contributed by atoms with Crippen molar-refractivity contribution in [3.63, 3.8) is 0 Å². The maximum atomic E-state index is 6.52. The number of anilines is 6. The average Bonchev–Trinajstić information content (AvgIpc) is 4.21. The van der Waals surface area contributed by atoms with Gasteiger partial charge in [-0.3, -0.25) is 0 Å². The van der Waals surface area contributed by atoms with Gasteiger partial charge in [0.1, 0.15) is 11.2 Å². The van der Waals surface area contributed by atoms with Crippen molar-refractivity contribution >= 4 is 101 Å². The zero-order chi connectivity index (χ0) is 50.6. The van der Waals surface area contributed by atoms with E-state index in [1.165, 1.54) is 49.6 Å². The van der Waals surface area contributed by atoms with Crippen molar-refractivity contribution in [1.82, 2.24) is 4.57 Å². The molecule has 77 heavy (non-hydrogen) atoms. The van der Waals surface area contributed by atoms with Crippen molar-refractivity contribution in [2.24, 2.45) is 0 Å². The first-order chi connectivity index (χ1) is 38.2. The van der Waals surface area contributed by atoms with Gasteiger partial charge in [-0.25, -0.2) is 0 Å². The molecule has 0 saturated carbocycles. The lowest BCUT2D eigenvalue weighted by molar-refractivity contribution is 0.670. The molecule has 0 bridgehead atoms. The molecule has 0 radical (unpaired) electrons. The number of fused-ring (bicyclic) bond motifs is 10. The third-order valence-corrected chi connectivity index (χ3v) is 16.2. The summed E-state index contributed by atoms with van der Waals surface area (Å²) in [4.78, 5) is 5.10. The van der Waals surface area contributed by atoms with Crippen LogP contribution in [0.5, 0.6) is 0 Å². The number of furan rings is 1. The maximum Gasteiger partial charge on any atom is 0.252 e. The summed E-state index contributed by atoms with van der Waals surface area (Å²) in [5.41, 5.74) is 25.1. The number of hydrogen-bond donors (Lipinski definition) is 0. The van der Waals surface area contributed by atoms with Gasteiger partial charge in [0.25, 0.3) is 6.71 Å². The minimum atomic E-state index is -0.0839. The molecule has 14 aromatic rings. The molecular weight excluding hydrogens is 934 g/mol. The van der Waals surface area contributed by atoms with Crippen LogP contribution < -0.4 is 26.2 Å². The fourth-order valence-corrected chi connectivity index (χ4v) is 12.8. The van der Waals surface area contributed by atoms with Crippen LogP contribution in [-0.4, -0.2) is 11.3 Å². The van der Waals surface area contributed by atoms with Crippen LogP contribution >= 0.6 is 0 Å². The summed E-state index contributed by atoms with van der Waals surface area (Å²) >= 11 is 0. The first-order valence-corrected chi connectivity index (χ1v) is 26.5. The SMILES string of the molecule is c1ccc(-c2cccc(-c3ccccc3)c2N2c3cc(-c4ccc(-c5cccc6c5oc5ccccc56)cc4)ccc3B3c4ccc(-n5c6ccccc6c6ccccc65)cc4N(c4ccccc4)c4cccc2c43)cc1. The first-order valence-electron chi connectivity index (χ1n) is 26.5. The van der Waals surface area contributed by atoms with Crippen molar-refractivity contribution in [3.05, 3.63) is 279 Å². The lowest BCUT2D eigenvalue weighted by atomic mass is 9.33. The molecule has 5 heteroatoms. The number of hydrogen-bond acceptors (Lipinski definition) is 3. The molecule has 0 N–H and O–H groups in total. The van der Waals surface area contributed by atoms with E-state index in [2.05, 4.69) is 287 Å². The Labute approximate surface area is 446 Å². The van der Waals surface area contributed by atoms with Gasteiger partial charge >= 0.3 is 0 Å². The topological polar surface area (TPSA) is 24.6 Å². The van der Waals surface area contributed by atoms with Gasteiger partial charge in [0, 0.05) is 72.4 Å².